The van der Waals surface area contributed by atoms with Gasteiger partial charge in [-0.05, 0) is 42.8 Å². The number of nitrogens with zero attached hydrogens (tertiary/aromatic N) is 3. The SMILES string of the molecule is Cc1cccc(-n2cnc3cc(C(=O)NCCN4CCOCC4)ccc32)c1. The van der Waals surface area contributed by atoms with Crippen LogP contribution in [0.25, 0.3) is 16.7 Å². The average molecular weight is 364 g/mol. The van der Waals surface area contributed by atoms with Gasteiger partial charge < -0.3 is 10.1 Å². The summed E-state index contributed by atoms with van der Waals surface area (Å²) in [6, 6.07) is 14.0. The number of hydrogen-bond acceptors (Lipinski definition) is 4. The van der Waals surface area contributed by atoms with E-state index in [0.717, 1.165) is 49.6 Å². The van der Waals surface area contributed by atoms with E-state index in [1.165, 1.54) is 5.56 Å². The molecule has 0 spiro atoms. The molecule has 1 aliphatic rings. The first-order valence-corrected chi connectivity index (χ1v) is 9.33. The summed E-state index contributed by atoms with van der Waals surface area (Å²) in [5.41, 5.74) is 4.72. The monoisotopic (exact) mass is 364 g/mol. The highest BCUT2D eigenvalue weighted by atomic mass is 16.5. The van der Waals surface area contributed by atoms with Crippen molar-refractivity contribution >= 4 is 16.9 Å². The number of ether oxygens (including phenoxy) is 1. The number of benzene rings is 2. The van der Waals surface area contributed by atoms with Crippen molar-refractivity contribution < 1.29 is 9.53 Å². The summed E-state index contributed by atoms with van der Waals surface area (Å²) < 4.78 is 7.38. The molecule has 2 heterocycles. The van der Waals surface area contributed by atoms with Crippen LogP contribution in [-0.4, -0.2) is 59.8 Å². The van der Waals surface area contributed by atoms with Crippen LogP contribution < -0.4 is 5.32 Å². The predicted octanol–water partition coefficient (Wildman–Crippen LogP) is 2.40. The Hall–Kier alpha value is -2.70. The van der Waals surface area contributed by atoms with E-state index >= 15 is 0 Å². The summed E-state index contributed by atoms with van der Waals surface area (Å²) in [5.74, 6) is -0.0599. The number of carbonyl (C=O) groups excluding carboxylic acids is 1. The van der Waals surface area contributed by atoms with Crippen molar-refractivity contribution in [2.24, 2.45) is 0 Å². The second kappa shape index (κ2) is 7.90. The molecule has 0 bridgehead atoms. The Morgan fingerprint density at radius 2 is 2.04 bits per heavy atom. The third-order valence-corrected chi connectivity index (χ3v) is 4.91. The summed E-state index contributed by atoms with van der Waals surface area (Å²) in [5, 5.41) is 3.00. The highest BCUT2D eigenvalue weighted by Crippen LogP contribution is 2.20. The normalized spacial score (nSPS) is 15.1. The van der Waals surface area contributed by atoms with Crippen molar-refractivity contribution in [1.82, 2.24) is 19.8 Å². The molecule has 0 atom stereocenters. The number of carbonyl (C=O) groups is 1. The van der Waals surface area contributed by atoms with Gasteiger partial charge in [0.15, 0.2) is 0 Å². The van der Waals surface area contributed by atoms with Gasteiger partial charge in [0.25, 0.3) is 5.91 Å². The molecule has 1 amide bonds. The maximum Gasteiger partial charge on any atom is 0.251 e. The summed E-state index contributed by atoms with van der Waals surface area (Å²) in [7, 11) is 0. The molecule has 0 radical (unpaired) electrons. The number of aromatic nitrogens is 2. The molecule has 27 heavy (non-hydrogen) atoms. The Bertz CT molecular complexity index is 944. The predicted molar refractivity (Wildman–Crippen MR) is 105 cm³/mol. The fraction of sp³-hybridized carbons (Fsp3) is 0.333. The van der Waals surface area contributed by atoms with Gasteiger partial charge in [0, 0.05) is 37.4 Å². The Morgan fingerprint density at radius 1 is 1.19 bits per heavy atom. The van der Waals surface area contributed by atoms with Gasteiger partial charge in [0.05, 0.1) is 24.2 Å². The standard InChI is InChI=1S/C21H24N4O2/c1-16-3-2-4-18(13-16)25-15-23-19-14-17(5-6-20(19)25)21(26)22-7-8-24-9-11-27-12-10-24/h2-6,13-15H,7-12H2,1H3,(H,22,26). The minimum Gasteiger partial charge on any atom is -0.379 e. The minimum absolute atomic E-state index is 0.0599. The minimum atomic E-state index is -0.0599. The molecule has 1 N–H and O–H groups in total. The van der Waals surface area contributed by atoms with E-state index < -0.39 is 0 Å². The van der Waals surface area contributed by atoms with Crippen molar-refractivity contribution in [2.45, 2.75) is 6.92 Å². The molecular formula is C21H24N4O2. The topological polar surface area (TPSA) is 59.4 Å². The Labute approximate surface area is 158 Å². The molecule has 4 rings (SSSR count). The number of rotatable bonds is 5. The Morgan fingerprint density at radius 3 is 2.85 bits per heavy atom. The zero-order chi connectivity index (χ0) is 18.6. The average Bonchev–Trinajstić information content (AvgIpc) is 3.12. The van der Waals surface area contributed by atoms with Crippen LogP contribution in [0.1, 0.15) is 15.9 Å². The van der Waals surface area contributed by atoms with Crippen molar-refractivity contribution in [2.75, 3.05) is 39.4 Å². The van der Waals surface area contributed by atoms with Crippen LogP contribution >= 0.6 is 0 Å². The first-order chi connectivity index (χ1) is 13.2. The van der Waals surface area contributed by atoms with E-state index in [2.05, 4.69) is 40.3 Å². The van der Waals surface area contributed by atoms with Gasteiger partial charge in [-0.15, -0.1) is 0 Å². The second-order valence-corrected chi connectivity index (χ2v) is 6.87. The summed E-state index contributed by atoms with van der Waals surface area (Å²) in [4.78, 5) is 19.2. The molecule has 6 nitrogen and oxygen atoms in total. The number of aryl methyl sites for hydroxylation is 1. The lowest BCUT2D eigenvalue weighted by Crippen LogP contribution is -2.41. The number of nitrogens with one attached hydrogen (secondary N) is 1. The van der Waals surface area contributed by atoms with Crippen LogP contribution in [0.5, 0.6) is 0 Å². The largest absolute Gasteiger partial charge is 0.379 e. The van der Waals surface area contributed by atoms with Gasteiger partial charge >= 0.3 is 0 Å². The van der Waals surface area contributed by atoms with Gasteiger partial charge in [-0.1, -0.05) is 12.1 Å². The Balaban J connectivity index is 1.44. The molecule has 1 fully saturated rings. The van der Waals surface area contributed by atoms with Gasteiger partial charge in [-0.2, -0.15) is 0 Å². The van der Waals surface area contributed by atoms with Gasteiger partial charge in [0.1, 0.15) is 6.33 Å². The summed E-state index contributed by atoms with van der Waals surface area (Å²) in [6.45, 7) is 6.95. The molecule has 6 heteroatoms. The van der Waals surface area contributed by atoms with E-state index in [1.807, 2.05) is 28.8 Å². The molecule has 0 saturated carbocycles. The van der Waals surface area contributed by atoms with Crippen molar-refractivity contribution in [3.8, 4) is 5.69 Å². The van der Waals surface area contributed by atoms with Crippen LogP contribution in [0.4, 0.5) is 0 Å². The zero-order valence-electron chi connectivity index (χ0n) is 15.5. The molecule has 3 aromatic rings. The molecule has 2 aromatic carbocycles. The van der Waals surface area contributed by atoms with E-state index in [-0.39, 0.29) is 5.91 Å². The fourth-order valence-corrected chi connectivity index (χ4v) is 3.39. The fourth-order valence-electron chi connectivity index (χ4n) is 3.39. The zero-order valence-corrected chi connectivity index (χ0v) is 15.5. The summed E-state index contributed by atoms with van der Waals surface area (Å²) >= 11 is 0. The third-order valence-electron chi connectivity index (χ3n) is 4.91. The highest BCUT2D eigenvalue weighted by Gasteiger charge is 2.12. The van der Waals surface area contributed by atoms with Crippen LogP contribution in [0, 0.1) is 6.92 Å². The molecule has 1 aliphatic heterocycles. The van der Waals surface area contributed by atoms with E-state index in [1.54, 1.807) is 6.33 Å². The first kappa shape index (κ1) is 17.7. The van der Waals surface area contributed by atoms with Gasteiger partial charge in [-0.3, -0.25) is 14.3 Å². The lowest BCUT2D eigenvalue weighted by molar-refractivity contribution is 0.0383. The molecule has 1 aromatic heterocycles. The molecule has 0 aliphatic carbocycles. The number of hydrogen-bond donors (Lipinski definition) is 1. The first-order valence-electron chi connectivity index (χ1n) is 9.33. The quantitative estimate of drug-likeness (QED) is 0.755. The molecule has 140 valence electrons. The Kier molecular flexibility index (Phi) is 5.18. The van der Waals surface area contributed by atoms with E-state index in [0.29, 0.717) is 12.1 Å². The van der Waals surface area contributed by atoms with Crippen molar-refractivity contribution in [3.05, 3.63) is 59.9 Å². The summed E-state index contributed by atoms with van der Waals surface area (Å²) in [6.07, 6.45) is 1.81. The smallest absolute Gasteiger partial charge is 0.251 e. The van der Waals surface area contributed by atoms with E-state index in [4.69, 9.17) is 4.74 Å². The van der Waals surface area contributed by atoms with Gasteiger partial charge in [-0.25, -0.2) is 4.98 Å². The van der Waals surface area contributed by atoms with Gasteiger partial charge in [0.2, 0.25) is 0 Å². The molecular weight excluding hydrogens is 340 g/mol. The van der Waals surface area contributed by atoms with Crippen LogP contribution in [0.3, 0.4) is 0 Å². The maximum absolute atomic E-state index is 12.5. The van der Waals surface area contributed by atoms with E-state index in [9.17, 15) is 4.79 Å². The third kappa shape index (κ3) is 4.02. The lowest BCUT2D eigenvalue weighted by atomic mass is 10.1. The number of morpholine rings is 1. The highest BCUT2D eigenvalue weighted by molar-refractivity contribution is 5.97. The van der Waals surface area contributed by atoms with Crippen LogP contribution in [0.15, 0.2) is 48.8 Å². The van der Waals surface area contributed by atoms with Crippen molar-refractivity contribution in [3.63, 3.8) is 0 Å². The molecule has 0 unspecified atom stereocenters. The number of fused-ring (bicyclic) bond motifs is 1. The lowest BCUT2D eigenvalue weighted by Gasteiger charge is -2.26. The maximum atomic E-state index is 12.5. The van der Waals surface area contributed by atoms with Crippen molar-refractivity contribution in [1.29, 1.82) is 0 Å². The second-order valence-electron chi connectivity index (χ2n) is 6.87. The van der Waals surface area contributed by atoms with Crippen LogP contribution in [0.2, 0.25) is 0 Å². The number of amides is 1. The molecule has 1 saturated heterocycles. The number of imidazole rings is 1. The van der Waals surface area contributed by atoms with Crippen LogP contribution in [-0.2, 0) is 4.74 Å².